The number of hydrogen-bond donors (Lipinski definition) is 0. The van der Waals surface area contributed by atoms with Crippen LogP contribution in [0.3, 0.4) is 0 Å². The Morgan fingerprint density at radius 2 is 1.77 bits per heavy atom. The summed E-state index contributed by atoms with van der Waals surface area (Å²) < 4.78 is 11.4. The highest BCUT2D eigenvalue weighted by molar-refractivity contribution is 5.57. The summed E-state index contributed by atoms with van der Waals surface area (Å²) in [7, 11) is 0. The highest BCUT2D eigenvalue weighted by atomic mass is 16.5. The van der Waals surface area contributed by atoms with Gasteiger partial charge in [0.1, 0.15) is 5.75 Å². The lowest BCUT2D eigenvalue weighted by atomic mass is 10.1. The summed E-state index contributed by atoms with van der Waals surface area (Å²) in [5.74, 6) is 1.83. The molecular formula is C18H18N2O2. The molecule has 0 aliphatic rings. The molecule has 112 valence electrons. The van der Waals surface area contributed by atoms with Gasteiger partial charge in [0, 0.05) is 5.56 Å². The molecule has 4 nitrogen and oxygen atoms in total. The van der Waals surface area contributed by atoms with E-state index in [1.807, 2.05) is 50.2 Å². The normalized spacial score (nSPS) is 10.7. The minimum atomic E-state index is 0.267. The molecule has 0 N–H and O–H groups in total. The predicted octanol–water partition coefficient (Wildman–Crippen LogP) is 4.24. The second kappa shape index (κ2) is 6.02. The molecule has 22 heavy (non-hydrogen) atoms. The molecule has 0 unspecified atom stereocenters. The monoisotopic (exact) mass is 294 g/mol. The van der Waals surface area contributed by atoms with E-state index in [2.05, 4.69) is 23.2 Å². The number of aromatic nitrogens is 2. The maximum absolute atomic E-state index is 5.76. The molecule has 4 heteroatoms. The summed E-state index contributed by atoms with van der Waals surface area (Å²) in [6, 6.07) is 14.0. The van der Waals surface area contributed by atoms with E-state index in [0.29, 0.717) is 11.8 Å². The summed E-state index contributed by atoms with van der Waals surface area (Å²) in [5.41, 5.74) is 4.36. The van der Waals surface area contributed by atoms with Gasteiger partial charge in [0.2, 0.25) is 5.89 Å². The molecule has 0 bridgehead atoms. The Hall–Kier alpha value is -2.62. The fourth-order valence-corrected chi connectivity index (χ4v) is 2.33. The van der Waals surface area contributed by atoms with Gasteiger partial charge in [-0.25, -0.2) is 0 Å². The minimum absolute atomic E-state index is 0.267. The molecule has 0 spiro atoms. The van der Waals surface area contributed by atoms with E-state index in [0.717, 1.165) is 22.4 Å². The van der Waals surface area contributed by atoms with Crippen molar-refractivity contribution in [1.29, 1.82) is 0 Å². The highest BCUT2D eigenvalue weighted by Gasteiger charge is 2.11. The van der Waals surface area contributed by atoms with E-state index in [4.69, 9.17) is 9.15 Å². The van der Waals surface area contributed by atoms with Crippen LogP contribution >= 0.6 is 0 Å². The minimum Gasteiger partial charge on any atom is -0.484 e. The Morgan fingerprint density at radius 1 is 0.955 bits per heavy atom. The van der Waals surface area contributed by atoms with E-state index in [1.165, 1.54) is 5.56 Å². The summed E-state index contributed by atoms with van der Waals surface area (Å²) >= 11 is 0. The van der Waals surface area contributed by atoms with Crippen LogP contribution in [0.25, 0.3) is 11.5 Å². The molecule has 0 fully saturated rings. The summed E-state index contributed by atoms with van der Waals surface area (Å²) in [4.78, 5) is 0. The largest absolute Gasteiger partial charge is 0.484 e. The van der Waals surface area contributed by atoms with Crippen molar-refractivity contribution in [2.24, 2.45) is 0 Å². The SMILES string of the molecule is Cc1ccc(OCc2nnc(-c3ccccc3C)o2)c(C)c1. The first kappa shape index (κ1) is 14.3. The fraction of sp³-hybridized carbons (Fsp3) is 0.222. The van der Waals surface area contributed by atoms with E-state index in [-0.39, 0.29) is 6.61 Å². The first-order valence-corrected chi connectivity index (χ1v) is 7.22. The second-order valence-corrected chi connectivity index (χ2v) is 5.37. The maximum Gasteiger partial charge on any atom is 0.254 e. The molecule has 2 aromatic carbocycles. The van der Waals surface area contributed by atoms with Gasteiger partial charge in [0.15, 0.2) is 6.61 Å². The lowest BCUT2D eigenvalue weighted by Crippen LogP contribution is -1.97. The summed E-state index contributed by atoms with van der Waals surface area (Å²) in [5, 5.41) is 8.15. The van der Waals surface area contributed by atoms with Crippen LogP contribution in [0.15, 0.2) is 46.9 Å². The molecule has 0 atom stereocenters. The molecule has 0 aliphatic heterocycles. The van der Waals surface area contributed by atoms with E-state index < -0.39 is 0 Å². The van der Waals surface area contributed by atoms with E-state index in [9.17, 15) is 0 Å². The topological polar surface area (TPSA) is 48.2 Å². The Morgan fingerprint density at radius 3 is 2.55 bits per heavy atom. The zero-order valence-electron chi connectivity index (χ0n) is 13.0. The van der Waals surface area contributed by atoms with Gasteiger partial charge in [-0.1, -0.05) is 35.9 Å². The Kier molecular flexibility index (Phi) is 3.92. The van der Waals surface area contributed by atoms with E-state index >= 15 is 0 Å². The third-order valence-electron chi connectivity index (χ3n) is 3.52. The van der Waals surface area contributed by atoms with Gasteiger partial charge in [0.25, 0.3) is 5.89 Å². The van der Waals surface area contributed by atoms with Crippen molar-refractivity contribution < 1.29 is 9.15 Å². The predicted molar refractivity (Wildman–Crippen MR) is 84.7 cm³/mol. The van der Waals surface area contributed by atoms with Crippen LogP contribution in [0, 0.1) is 20.8 Å². The second-order valence-electron chi connectivity index (χ2n) is 5.37. The fourth-order valence-electron chi connectivity index (χ4n) is 2.33. The molecule has 0 saturated heterocycles. The average Bonchev–Trinajstić information content (AvgIpc) is 2.95. The Balaban J connectivity index is 1.74. The first-order valence-electron chi connectivity index (χ1n) is 7.22. The molecule has 0 amide bonds. The number of rotatable bonds is 4. The Labute approximate surface area is 129 Å². The molecular weight excluding hydrogens is 276 g/mol. The van der Waals surface area contributed by atoms with Crippen LogP contribution in [0.2, 0.25) is 0 Å². The van der Waals surface area contributed by atoms with Crippen LogP contribution in [-0.2, 0) is 6.61 Å². The van der Waals surface area contributed by atoms with Crippen LogP contribution in [0.4, 0.5) is 0 Å². The molecule has 0 aliphatic carbocycles. The number of benzene rings is 2. The zero-order chi connectivity index (χ0) is 15.5. The lowest BCUT2D eigenvalue weighted by Gasteiger charge is -2.07. The van der Waals surface area contributed by atoms with Gasteiger partial charge in [0.05, 0.1) is 0 Å². The van der Waals surface area contributed by atoms with Crippen molar-refractivity contribution in [3.05, 3.63) is 65.0 Å². The van der Waals surface area contributed by atoms with Crippen LogP contribution < -0.4 is 4.74 Å². The number of ether oxygens (including phenoxy) is 1. The van der Waals surface area contributed by atoms with Gasteiger partial charge in [-0.05, 0) is 44.0 Å². The summed E-state index contributed by atoms with van der Waals surface area (Å²) in [6.07, 6.45) is 0. The van der Waals surface area contributed by atoms with Crippen LogP contribution in [0.1, 0.15) is 22.6 Å². The van der Waals surface area contributed by atoms with Gasteiger partial charge < -0.3 is 9.15 Å². The maximum atomic E-state index is 5.76. The molecule has 1 aromatic heterocycles. The van der Waals surface area contributed by atoms with Crippen molar-refractivity contribution in [2.75, 3.05) is 0 Å². The molecule has 3 aromatic rings. The highest BCUT2D eigenvalue weighted by Crippen LogP contribution is 2.23. The lowest BCUT2D eigenvalue weighted by molar-refractivity contribution is 0.263. The molecule has 3 rings (SSSR count). The van der Waals surface area contributed by atoms with Crippen molar-refractivity contribution >= 4 is 0 Å². The average molecular weight is 294 g/mol. The van der Waals surface area contributed by atoms with Gasteiger partial charge in [-0.3, -0.25) is 0 Å². The third kappa shape index (κ3) is 3.01. The molecule has 0 saturated carbocycles. The third-order valence-corrected chi connectivity index (χ3v) is 3.52. The smallest absolute Gasteiger partial charge is 0.254 e. The van der Waals surface area contributed by atoms with Gasteiger partial charge in [-0.15, -0.1) is 10.2 Å². The van der Waals surface area contributed by atoms with Crippen molar-refractivity contribution in [1.82, 2.24) is 10.2 Å². The number of nitrogens with zero attached hydrogens (tertiary/aromatic N) is 2. The number of aryl methyl sites for hydroxylation is 3. The number of hydrogen-bond acceptors (Lipinski definition) is 4. The molecule has 1 heterocycles. The standard InChI is InChI=1S/C18H18N2O2/c1-12-8-9-16(14(3)10-12)21-11-17-19-20-18(22-17)15-7-5-4-6-13(15)2/h4-10H,11H2,1-3H3. The summed E-state index contributed by atoms with van der Waals surface area (Å²) in [6.45, 7) is 6.37. The van der Waals surface area contributed by atoms with E-state index in [1.54, 1.807) is 0 Å². The van der Waals surface area contributed by atoms with Crippen LogP contribution in [-0.4, -0.2) is 10.2 Å². The first-order chi connectivity index (χ1) is 10.6. The van der Waals surface area contributed by atoms with Crippen molar-refractivity contribution in [3.63, 3.8) is 0 Å². The zero-order valence-corrected chi connectivity index (χ0v) is 13.0. The van der Waals surface area contributed by atoms with Crippen molar-refractivity contribution in [3.8, 4) is 17.2 Å². The van der Waals surface area contributed by atoms with Crippen LogP contribution in [0.5, 0.6) is 5.75 Å². The van der Waals surface area contributed by atoms with Gasteiger partial charge in [-0.2, -0.15) is 0 Å². The Bertz CT molecular complexity index is 793. The molecule has 0 radical (unpaired) electrons. The quantitative estimate of drug-likeness (QED) is 0.722. The van der Waals surface area contributed by atoms with Crippen molar-refractivity contribution in [2.45, 2.75) is 27.4 Å². The van der Waals surface area contributed by atoms with Gasteiger partial charge >= 0.3 is 0 Å².